The lowest BCUT2D eigenvalue weighted by Crippen LogP contribution is -2.19. The monoisotopic (exact) mass is 299 g/mol. The van der Waals surface area contributed by atoms with Crippen LogP contribution in [-0.2, 0) is 4.79 Å². The molecule has 1 heterocycles. The predicted octanol–water partition coefficient (Wildman–Crippen LogP) is 2.40. The molecular formula is C15H13N3O2S. The van der Waals surface area contributed by atoms with Crippen molar-refractivity contribution in [3.63, 3.8) is 0 Å². The molecule has 0 bridgehead atoms. The molecule has 1 aliphatic heterocycles. The largest absolute Gasteiger partial charge is 0.497 e. The van der Waals surface area contributed by atoms with Crippen LogP contribution in [0.5, 0.6) is 5.75 Å². The number of thioether (sulfide) groups is 1. The Morgan fingerprint density at radius 1 is 1.24 bits per heavy atom. The molecule has 1 saturated heterocycles. The molecule has 0 atom stereocenters. The smallest absolute Gasteiger partial charge is 0.236 e. The molecule has 0 aromatic heterocycles. The summed E-state index contributed by atoms with van der Waals surface area (Å²) in [6, 6.07) is 11.9. The zero-order valence-corrected chi connectivity index (χ0v) is 12.2. The molecule has 6 heteroatoms. The van der Waals surface area contributed by atoms with E-state index in [1.54, 1.807) is 13.3 Å². The van der Waals surface area contributed by atoms with Gasteiger partial charge >= 0.3 is 0 Å². The predicted molar refractivity (Wildman–Crippen MR) is 86.1 cm³/mol. The van der Waals surface area contributed by atoms with Crippen LogP contribution in [0.2, 0.25) is 0 Å². The van der Waals surface area contributed by atoms with E-state index < -0.39 is 0 Å². The number of rotatable bonds is 3. The van der Waals surface area contributed by atoms with Gasteiger partial charge in [-0.1, -0.05) is 30.0 Å². The Hall–Kier alpha value is -2.34. The standard InChI is InChI=1S/C15H13N3O2S/c1-20-13-5-4-11-6-10(2-3-12(11)7-13)8-16-18-15-17-14(19)9-21-15/h2-8H,9H2,1H3,(H,17,18,19). The number of amidine groups is 1. The van der Waals surface area contributed by atoms with Crippen LogP contribution in [0.4, 0.5) is 0 Å². The Kier molecular flexibility index (Phi) is 3.87. The molecule has 5 nitrogen and oxygen atoms in total. The molecule has 0 saturated carbocycles. The van der Waals surface area contributed by atoms with Gasteiger partial charge in [-0.15, -0.1) is 5.10 Å². The van der Waals surface area contributed by atoms with Gasteiger partial charge < -0.3 is 10.1 Å². The summed E-state index contributed by atoms with van der Waals surface area (Å²) in [4.78, 5) is 11.0. The van der Waals surface area contributed by atoms with Gasteiger partial charge in [0.25, 0.3) is 0 Å². The molecule has 106 valence electrons. The Labute approximate surface area is 126 Å². The second-order valence-corrected chi connectivity index (χ2v) is 5.42. The summed E-state index contributed by atoms with van der Waals surface area (Å²) < 4.78 is 5.20. The zero-order valence-electron chi connectivity index (χ0n) is 11.4. The fourth-order valence-corrected chi connectivity index (χ4v) is 2.61. The third-order valence-electron chi connectivity index (χ3n) is 3.01. The molecule has 2 aromatic rings. The van der Waals surface area contributed by atoms with E-state index in [4.69, 9.17) is 4.74 Å². The second-order valence-electron chi connectivity index (χ2n) is 4.46. The third kappa shape index (κ3) is 3.22. The first kappa shape index (κ1) is 13.6. The van der Waals surface area contributed by atoms with E-state index in [1.807, 2.05) is 36.4 Å². The maximum atomic E-state index is 11.0. The molecule has 0 spiro atoms. The number of benzene rings is 2. The van der Waals surface area contributed by atoms with Crippen molar-refractivity contribution in [2.24, 2.45) is 10.2 Å². The highest BCUT2D eigenvalue weighted by atomic mass is 32.2. The fraction of sp³-hybridized carbons (Fsp3) is 0.133. The van der Waals surface area contributed by atoms with Gasteiger partial charge in [0, 0.05) is 0 Å². The number of fused-ring (bicyclic) bond motifs is 1. The first-order valence-electron chi connectivity index (χ1n) is 6.36. The van der Waals surface area contributed by atoms with Crippen molar-refractivity contribution in [3.8, 4) is 5.75 Å². The van der Waals surface area contributed by atoms with Crippen molar-refractivity contribution in [1.29, 1.82) is 0 Å². The molecule has 1 aliphatic rings. The molecule has 3 rings (SSSR count). The number of hydrogen-bond donors (Lipinski definition) is 1. The van der Waals surface area contributed by atoms with Gasteiger partial charge in [-0.05, 0) is 34.5 Å². The number of ether oxygens (including phenoxy) is 1. The minimum atomic E-state index is -0.0337. The SMILES string of the molecule is COc1ccc2cc(C=NN=C3NC(=O)CS3)ccc2c1. The van der Waals surface area contributed by atoms with Crippen molar-refractivity contribution in [3.05, 3.63) is 42.0 Å². The van der Waals surface area contributed by atoms with Gasteiger partial charge in [0.05, 0.1) is 19.1 Å². The lowest BCUT2D eigenvalue weighted by atomic mass is 10.1. The van der Waals surface area contributed by atoms with E-state index >= 15 is 0 Å². The van der Waals surface area contributed by atoms with Gasteiger partial charge in [-0.3, -0.25) is 4.79 Å². The van der Waals surface area contributed by atoms with Crippen molar-refractivity contribution < 1.29 is 9.53 Å². The van der Waals surface area contributed by atoms with E-state index in [0.717, 1.165) is 22.1 Å². The summed E-state index contributed by atoms with van der Waals surface area (Å²) in [5, 5.41) is 13.4. The van der Waals surface area contributed by atoms with Crippen LogP contribution in [0, 0.1) is 0 Å². The fourth-order valence-electron chi connectivity index (χ4n) is 1.98. The number of amides is 1. The molecular weight excluding hydrogens is 286 g/mol. The molecule has 21 heavy (non-hydrogen) atoms. The van der Waals surface area contributed by atoms with Gasteiger partial charge in [-0.2, -0.15) is 5.10 Å². The van der Waals surface area contributed by atoms with Crippen molar-refractivity contribution in [2.45, 2.75) is 0 Å². The lowest BCUT2D eigenvalue weighted by molar-refractivity contribution is -0.116. The van der Waals surface area contributed by atoms with Gasteiger partial charge in [0.1, 0.15) is 5.75 Å². The van der Waals surface area contributed by atoms with E-state index in [9.17, 15) is 4.79 Å². The summed E-state index contributed by atoms with van der Waals surface area (Å²) in [6.07, 6.45) is 1.67. The molecule has 1 fully saturated rings. The third-order valence-corrected chi connectivity index (χ3v) is 3.88. The number of methoxy groups -OCH3 is 1. The highest BCUT2D eigenvalue weighted by Gasteiger charge is 2.15. The second kappa shape index (κ2) is 5.97. The number of hydrogen-bond acceptors (Lipinski definition) is 5. The molecule has 1 N–H and O–H groups in total. The molecule has 0 aliphatic carbocycles. The number of carbonyl (C=O) groups is 1. The minimum Gasteiger partial charge on any atom is -0.497 e. The zero-order chi connectivity index (χ0) is 14.7. The molecule has 2 aromatic carbocycles. The van der Waals surface area contributed by atoms with E-state index in [1.165, 1.54) is 11.8 Å². The normalized spacial score (nSPS) is 16.8. The van der Waals surface area contributed by atoms with Gasteiger partial charge in [0.2, 0.25) is 5.91 Å². The van der Waals surface area contributed by atoms with Crippen LogP contribution in [0.3, 0.4) is 0 Å². The quantitative estimate of drug-likeness (QED) is 0.699. The summed E-state index contributed by atoms with van der Waals surface area (Å²) in [5.41, 5.74) is 0.950. The Morgan fingerprint density at radius 2 is 2.05 bits per heavy atom. The van der Waals surface area contributed by atoms with Crippen molar-refractivity contribution >= 4 is 39.8 Å². The average molecular weight is 299 g/mol. The van der Waals surface area contributed by atoms with Crippen LogP contribution in [-0.4, -0.2) is 30.2 Å². The highest BCUT2D eigenvalue weighted by Crippen LogP contribution is 2.21. The van der Waals surface area contributed by atoms with Crippen molar-refractivity contribution in [2.75, 3.05) is 12.9 Å². The summed E-state index contributed by atoms with van der Waals surface area (Å²) in [7, 11) is 1.65. The summed E-state index contributed by atoms with van der Waals surface area (Å²) >= 11 is 1.35. The van der Waals surface area contributed by atoms with Crippen LogP contribution < -0.4 is 10.1 Å². The first-order valence-corrected chi connectivity index (χ1v) is 7.34. The maximum absolute atomic E-state index is 11.0. The van der Waals surface area contributed by atoms with Crippen LogP contribution in [0.15, 0.2) is 46.6 Å². The van der Waals surface area contributed by atoms with E-state index in [0.29, 0.717) is 10.9 Å². The average Bonchev–Trinajstić information content (AvgIpc) is 2.92. The van der Waals surface area contributed by atoms with Gasteiger partial charge in [0.15, 0.2) is 5.17 Å². The summed E-state index contributed by atoms with van der Waals surface area (Å²) in [6.45, 7) is 0. The highest BCUT2D eigenvalue weighted by molar-refractivity contribution is 8.15. The van der Waals surface area contributed by atoms with Crippen molar-refractivity contribution in [1.82, 2.24) is 5.32 Å². The Balaban J connectivity index is 1.79. The number of carbonyl (C=O) groups excluding carboxylic acids is 1. The number of nitrogens with one attached hydrogen (secondary N) is 1. The van der Waals surface area contributed by atoms with Crippen LogP contribution in [0.25, 0.3) is 10.8 Å². The van der Waals surface area contributed by atoms with E-state index in [2.05, 4.69) is 15.5 Å². The molecule has 0 radical (unpaired) electrons. The Morgan fingerprint density at radius 3 is 2.81 bits per heavy atom. The van der Waals surface area contributed by atoms with E-state index in [-0.39, 0.29) is 5.91 Å². The lowest BCUT2D eigenvalue weighted by Gasteiger charge is -2.03. The molecule has 0 unspecified atom stereocenters. The number of nitrogens with zero attached hydrogens (tertiary/aromatic N) is 2. The maximum Gasteiger partial charge on any atom is 0.236 e. The summed E-state index contributed by atoms with van der Waals surface area (Å²) in [5.74, 6) is 1.21. The first-order chi connectivity index (χ1) is 10.2. The minimum absolute atomic E-state index is 0.0337. The van der Waals surface area contributed by atoms with Gasteiger partial charge in [-0.25, -0.2) is 0 Å². The van der Waals surface area contributed by atoms with Crippen LogP contribution in [0.1, 0.15) is 5.56 Å². The topological polar surface area (TPSA) is 63.1 Å². The molecule has 1 amide bonds. The Bertz CT molecular complexity index is 756. The van der Waals surface area contributed by atoms with Crippen LogP contribution >= 0.6 is 11.8 Å².